The van der Waals surface area contributed by atoms with Gasteiger partial charge in [-0.15, -0.1) is 0 Å². The fourth-order valence-corrected chi connectivity index (χ4v) is 3.20. The van der Waals surface area contributed by atoms with Gasteiger partial charge in [-0.2, -0.15) is 0 Å². The Morgan fingerprint density at radius 3 is 2.71 bits per heavy atom. The van der Waals surface area contributed by atoms with Gasteiger partial charge in [0.25, 0.3) is 0 Å². The van der Waals surface area contributed by atoms with E-state index in [1.54, 1.807) is 0 Å². The van der Waals surface area contributed by atoms with Gasteiger partial charge in [0.05, 0.1) is 23.9 Å². The molecular formula is C19H24N2O3. The molecule has 5 heteroatoms. The molecule has 0 radical (unpaired) electrons. The summed E-state index contributed by atoms with van der Waals surface area (Å²) in [5, 5.41) is 0. The van der Waals surface area contributed by atoms with Gasteiger partial charge in [0.1, 0.15) is 0 Å². The van der Waals surface area contributed by atoms with Crippen LogP contribution in [0.3, 0.4) is 0 Å². The molecule has 128 valence electrons. The number of ether oxygens (including phenoxy) is 1. The maximum atomic E-state index is 12.7. The first-order valence-corrected chi connectivity index (χ1v) is 8.51. The molecule has 1 aliphatic heterocycles. The molecule has 1 aliphatic rings. The van der Waals surface area contributed by atoms with E-state index < -0.39 is 0 Å². The Morgan fingerprint density at radius 2 is 2.04 bits per heavy atom. The van der Waals surface area contributed by atoms with Gasteiger partial charge in [-0.25, -0.2) is 0 Å². The lowest BCUT2D eigenvalue weighted by Gasteiger charge is -2.11. The number of hydrogen-bond acceptors (Lipinski definition) is 3. The number of carbonyl (C=O) groups excluding carboxylic acids is 2. The van der Waals surface area contributed by atoms with E-state index in [9.17, 15) is 9.59 Å². The van der Waals surface area contributed by atoms with E-state index >= 15 is 0 Å². The number of hydrogen-bond donors (Lipinski definition) is 0. The minimum Gasteiger partial charge on any atom is -0.465 e. The van der Waals surface area contributed by atoms with E-state index in [1.807, 2.05) is 46.6 Å². The highest BCUT2D eigenvalue weighted by Gasteiger charge is 2.33. The normalized spacial score (nSPS) is 16.4. The highest BCUT2D eigenvalue weighted by molar-refractivity contribution is 6.07. The van der Waals surface area contributed by atoms with Gasteiger partial charge in [-0.05, 0) is 43.0 Å². The van der Waals surface area contributed by atoms with Gasteiger partial charge < -0.3 is 13.9 Å². The van der Waals surface area contributed by atoms with Crippen LogP contribution < -0.4 is 0 Å². The third-order valence-corrected chi connectivity index (χ3v) is 4.65. The average molecular weight is 328 g/mol. The number of fused-ring (bicyclic) bond motifs is 1. The zero-order valence-corrected chi connectivity index (χ0v) is 14.5. The number of nitrogens with zero attached hydrogens (tertiary/aromatic N) is 2. The predicted octanol–water partition coefficient (Wildman–Crippen LogP) is 3.13. The van der Waals surface area contributed by atoms with Crippen molar-refractivity contribution in [3.05, 3.63) is 47.5 Å². The summed E-state index contributed by atoms with van der Waals surface area (Å²) >= 11 is 0. The Labute approximate surface area is 142 Å². The standard InChI is InChI=1S/C19H24N2O3/c1-13(2)9-12-24-19(23)14-8-11-21-15(14)6-7-17(21)18(22)16-5-4-10-20(16)3/h4-7,10,13-14H,8-9,11-12H2,1-3H3. The van der Waals surface area contributed by atoms with Crippen LogP contribution in [0.25, 0.3) is 0 Å². The molecule has 3 rings (SSSR count). The van der Waals surface area contributed by atoms with Gasteiger partial charge in [0.2, 0.25) is 5.78 Å². The van der Waals surface area contributed by atoms with Crippen LogP contribution in [0.15, 0.2) is 30.5 Å². The summed E-state index contributed by atoms with van der Waals surface area (Å²) in [5.74, 6) is 0.0693. The second-order valence-corrected chi connectivity index (χ2v) is 6.82. The minimum atomic E-state index is -0.257. The van der Waals surface area contributed by atoms with Crippen molar-refractivity contribution in [2.75, 3.05) is 6.61 Å². The van der Waals surface area contributed by atoms with Gasteiger partial charge in [0.15, 0.2) is 0 Å². The first-order chi connectivity index (χ1) is 11.5. The zero-order chi connectivity index (χ0) is 17.3. The molecule has 5 nitrogen and oxygen atoms in total. The van der Waals surface area contributed by atoms with Crippen LogP contribution in [0, 0.1) is 5.92 Å². The lowest BCUT2D eigenvalue weighted by atomic mass is 10.1. The van der Waals surface area contributed by atoms with E-state index in [0.717, 1.165) is 12.1 Å². The lowest BCUT2D eigenvalue weighted by molar-refractivity contribution is -0.145. The van der Waals surface area contributed by atoms with Crippen LogP contribution in [0.5, 0.6) is 0 Å². The molecule has 0 aliphatic carbocycles. The fourth-order valence-electron chi connectivity index (χ4n) is 3.20. The average Bonchev–Trinajstić information content (AvgIpc) is 3.21. The number of rotatable bonds is 6. The first kappa shape index (κ1) is 16.6. The van der Waals surface area contributed by atoms with Crippen LogP contribution >= 0.6 is 0 Å². The van der Waals surface area contributed by atoms with Crippen LogP contribution in [-0.4, -0.2) is 27.5 Å². The quantitative estimate of drug-likeness (QED) is 0.605. The highest BCUT2D eigenvalue weighted by Crippen LogP contribution is 2.32. The lowest BCUT2D eigenvalue weighted by Crippen LogP contribution is -2.15. The molecule has 3 heterocycles. The molecule has 0 amide bonds. The van der Waals surface area contributed by atoms with E-state index in [4.69, 9.17) is 4.74 Å². The molecule has 1 unspecified atom stereocenters. The zero-order valence-electron chi connectivity index (χ0n) is 14.5. The third kappa shape index (κ3) is 3.03. The van der Waals surface area contributed by atoms with Crippen molar-refractivity contribution in [1.29, 1.82) is 0 Å². The summed E-state index contributed by atoms with van der Waals surface area (Å²) in [6.07, 6.45) is 3.43. The maximum Gasteiger partial charge on any atom is 0.315 e. The molecule has 0 N–H and O–H groups in total. The first-order valence-electron chi connectivity index (χ1n) is 8.51. The molecule has 0 saturated heterocycles. The maximum absolute atomic E-state index is 12.7. The Balaban J connectivity index is 1.75. The van der Waals surface area contributed by atoms with E-state index in [1.165, 1.54) is 0 Å². The van der Waals surface area contributed by atoms with Crippen LogP contribution in [0.1, 0.15) is 54.5 Å². The van der Waals surface area contributed by atoms with Crippen LogP contribution in [0.4, 0.5) is 0 Å². The van der Waals surface area contributed by atoms with Crippen LogP contribution in [-0.2, 0) is 23.1 Å². The van der Waals surface area contributed by atoms with E-state index in [2.05, 4.69) is 13.8 Å². The predicted molar refractivity (Wildman–Crippen MR) is 91.0 cm³/mol. The summed E-state index contributed by atoms with van der Waals surface area (Å²) in [6, 6.07) is 7.38. The topological polar surface area (TPSA) is 53.2 Å². The molecule has 2 aromatic heterocycles. The summed E-state index contributed by atoms with van der Waals surface area (Å²) in [4.78, 5) is 25.0. The van der Waals surface area contributed by atoms with Gasteiger partial charge in [-0.1, -0.05) is 13.8 Å². The second kappa shape index (κ2) is 6.67. The smallest absolute Gasteiger partial charge is 0.315 e. The Bertz CT molecular complexity index is 755. The Morgan fingerprint density at radius 1 is 1.25 bits per heavy atom. The highest BCUT2D eigenvalue weighted by atomic mass is 16.5. The molecule has 0 saturated carbocycles. The van der Waals surface area contributed by atoms with Crippen molar-refractivity contribution >= 4 is 11.8 Å². The van der Waals surface area contributed by atoms with Crippen molar-refractivity contribution in [3.8, 4) is 0 Å². The summed E-state index contributed by atoms with van der Waals surface area (Å²) in [5.41, 5.74) is 2.19. The molecule has 0 aromatic carbocycles. The summed E-state index contributed by atoms with van der Waals surface area (Å²) in [6.45, 7) is 5.35. The number of carbonyl (C=O) groups is 2. The number of ketones is 1. The van der Waals surface area contributed by atoms with Gasteiger partial charge in [-0.3, -0.25) is 9.59 Å². The summed E-state index contributed by atoms with van der Waals surface area (Å²) in [7, 11) is 1.86. The number of aromatic nitrogens is 2. The third-order valence-electron chi connectivity index (χ3n) is 4.65. The van der Waals surface area contributed by atoms with Crippen molar-refractivity contribution in [3.63, 3.8) is 0 Å². The van der Waals surface area contributed by atoms with Crippen molar-refractivity contribution in [2.45, 2.75) is 39.2 Å². The van der Waals surface area contributed by atoms with E-state index in [-0.39, 0.29) is 17.7 Å². The Kier molecular flexibility index (Phi) is 4.60. The minimum absolute atomic E-state index is 0.0115. The van der Waals surface area contributed by atoms with Crippen molar-refractivity contribution in [2.24, 2.45) is 13.0 Å². The van der Waals surface area contributed by atoms with Crippen LogP contribution in [0.2, 0.25) is 0 Å². The fraction of sp³-hybridized carbons (Fsp3) is 0.474. The molecule has 0 fully saturated rings. The summed E-state index contributed by atoms with van der Waals surface area (Å²) < 4.78 is 9.19. The van der Waals surface area contributed by atoms with E-state index in [0.29, 0.717) is 36.9 Å². The van der Waals surface area contributed by atoms with Gasteiger partial charge in [0, 0.05) is 25.5 Å². The molecular weight excluding hydrogens is 304 g/mol. The molecule has 0 spiro atoms. The van der Waals surface area contributed by atoms with Gasteiger partial charge >= 0.3 is 5.97 Å². The molecule has 0 bridgehead atoms. The van der Waals surface area contributed by atoms with Crippen molar-refractivity contribution in [1.82, 2.24) is 9.13 Å². The Hall–Kier alpha value is -2.30. The second-order valence-electron chi connectivity index (χ2n) is 6.82. The number of esters is 1. The molecule has 24 heavy (non-hydrogen) atoms. The number of aryl methyl sites for hydroxylation is 1. The molecule has 2 aromatic rings. The SMILES string of the molecule is CC(C)CCOC(=O)C1CCn2c(C(=O)c3cccn3C)ccc21. The van der Waals surface area contributed by atoms with Crippen molar-refractivity contribution < 1.29 is 14.3 Å². The monoisotopic (exact) mass is 328 g/mol. The molecule has 1 atom stereocenters. The largest absolute Gasteiger partial charge is 0.465 e.